The molecule has 0 unspecified atom stereocenters. The van der Waals surface area contributed by atoms with Gasteiger partial charge in [-0.1, -0.05) is 72.8 Å². The first-order valence-corrected chi connectivity index (χ1v) is 8.04. The fourth-order valence-corrected chi connectivity index (χ4v) is 2.80. The lowest BCUT2D eigenvalue weighted by molar-refractivity contribution is 0.594. The summed E-state index contributed by atoms with van der Waals surface area (Å²) in [5, 5.41) is 1.10. The van der Waals surface area contributed by atoms with Crippen LogP contribution < -0.4 is 0 Å². The van der Waals surface area contributed by atoms with E-state index in [1.807, 2.05) is 48.5 Å². The predicted molar refractivity (Wildman–Crippen MR) is 101 cm³/mol. The van der Waals surface area contributed by atoms with Crippen LogP contribution in [0.1, 0.15) is 11.3 Å². The Bertz CT molecular complexity index is 986. The lowest BCUT2D eigenvalue weighted by atomic mass is 10.0. The Kier molecular flexibility index (Phi) is 3.91. The van der Waals surface area contributed by atoms with Gasteiger partial charge in [0.1, 0.15) is 0 Å². The summed E-state index contributed by atoms with van der Waals surface area (Å²) in [5.74, 6) is 0.865. The Balaban J connectivity index is 1.87. The molecule has 4 aromatic rings. The molecule has 0 bridgehead atoms. The summed E-state index contributed by atoms with van der Waals surface area (Å²) in [6.45, 7) is 0. The molecule has 0 atom stereocenters. The van der Waals surface area contributed by atoms with Crippen LogP contribution in [-0.4, -0.2) is 0 Å². The highest BCUT2D eigenvalue weighted by Gasteiger charge is 2.17. The summed E-state index contributed by atoms with van der Waals surface area (Å²) in [4.78, 5) is 0. The number of benzene rings is 3. The second-order valence-electron chi connectivity index (χ2n) is 5.67. The van der Waals surface area contributed by atoms with Crippen LogP contribution in [0.3, 0.4) is 0 Å². The van der Waals surface area contributed by atoms with E-state index in [-0.39, 0.29) is 0 Å². The minimum Gasteiger partial charge on any atom is -0.207 e. The highest BCUT2D eigenvalue weighted by Crippen LogP contribution is 2.30. The van der Waals surface area contributed by atoms with E-state index in [1.54, 1.807) is 0 Å². The van der Waals surface area contributed by atoms with E-state index in [2.05, 4.69) is 54.6 Å². The SMILES string of the molecule is C(=Cc1[o+]c2ccccc2cc1-c1ccccc1)c1ccccc1. The average molecular weight is 309 g/mol. The second kappa shape index (κ2) is 6.51. The van der Waals surface area contributed by atoms with Crippen LogP contribution in [0.25, 0.3) is 34.2 Å². The molecule has 0 saturated carbocycles. The van der Waals surface area contributed by atoms with Crippen molar-refractivity contribution in [2.75, 3.05) is 0 Å². The summed E-state index contributed by atoms with van der Waals surface area (Å²) in [6, 6.07) is 30.9. The molecule has 0 fully saturated rings. The number of fused-ring (bicyclic) bond motifs is 1. The average Bonchev–Trinajstić information content (AvgIpc) is 2.67. The zero-order valence-corrected chi connectivity index (χ0v) is 13.2. The molecule has 1 aromatic heterocycles. The molecule has 0 saturated heterocycles. The summed E-state index contributed by atoms with van der Waals surface area (Å²) in [5.41, 5.74) is 4.30. The molecule has 0 aliphatic rings. The van der Waals surface area contributed by atoms with Crippen LogP contribution >= 0.6 is 0 Å². The van der Waals surface area contributed by atoms with Crippen molar-refractivity contribution in [3.05, 3.63) is 102 Å². The normalized spacial score (nSPS) is 11.2. The maximum atomic E-state index is 6.18. The van der Waals surface area contributed by atoms with E-state index in [4.69, 9.17) is 4.42 Å². The third-order valence-corrected chi connectivity index (χ3v) is 4.02. The summed E-state index contributed by atoms with van der Waals surface area (Å²) < 4.78 is 6.18. The lowest BCUT2D eigenvalue weighted by Gasteiger charge is -2.00. The molecule has 0 N–H and O–H groups in total. The fraction of sp³-hybridized carbons (Fsp3) is 0. The van der Waals surface area contributed by atoms with Crippen LogP contribution in [0.5, 0.6) is 0 Å². The molecular weight excluding hydrogens is 292 g/mol. The maximum absolute atomic E-state index is 6.18. The fourth-order valence-electron chi connectivity index (χ4n) is 2.80. The molecule has 1 heteroatoms. The first kappa shape index (κ1) is 14.4. The molecule has 1 heterocycles. The molecule has 24 heavy (non-hydrogen) atoms. The number of hydrogen-bond donors (Lipinski definition) is 0. The molecule has 0 aliphatic heterocycles. The van der Waals surface area contributed by atoms with Gasteiger partial charge in [0.2, 0.25) is 0 Å². The van der Waals surface area contributed by atoms with Crippen molar-refractivity contribution in [2.24, 2.45) is 0 Å². The molecule has 4 rings (SSSR count). The van der Waals surface area contributed by atoms with Crippen LogP contribution in [0, 0.1) is 0 Å². The van der Waals surface area contributed by atoms with Gasteiger partial charge in [0, 0.05) is 12.1 Å². The van der Waals surface area contributed by atoms with E-state index in [9.17, 15) is 0 Å². The van der Waals surface area contributed by atoms with Crippen molar-refractivity contribution in [3.8, 4) is 11.1 Å². The Morgan fingerprint density at radius 2 is 1.29 bits per heavy atom. The standard InChI is InChI=1S/C23H17O/c1-3-9-18(10-4-1)15-16-23-21(19-11-5-2-6-12-19)17-20-13-7-8-14-22(20)24-23/h1-17H/q+1. The smallest absolute Gasteiger partial charge is 0.207 e. The quantitative estimate of drug-likeness (QED) is 0.390. The maximum Gasteiger partial charge on any atom is 0.361 e. The van der Waals surface area contributed by atoms with Crippen molar-refractivity contribution >= 4 is 23.1 Å². The van der Waals surface area contributed by atoms with Crippen molar-refractivity contribution in [1.29, 1.82) is 0 Å². The lowest BCUT2D eigenvalue weighted by Crippen LogP contribution is -1.85. The van der Waals surface area contributed by atoms with E-state index in [0.717, 1.165) is 33.4 Å². The molecule has 0 aliphatic carbocycles. The highest BCUT2D eigenvalue weighted by molar-refractivity contribution is 5.87. The van der Waals surface area contributed by atoms with E-state index in [0.29, 0.717) is 0 Å². The first-order chi connectivity index (χ1) is 11.9. The van der Waals surface area contributed by atoms with Crippen molar-refractivity contribution in [2.45, 2.75) is 0 Å². The predicted octanol–water partition coefficient (Wildman–Crippen LogP) is 6.55. The van der Waals surface area contributed by atoms with Gasteiger partial charge in [0.15, 0.2) is 0 Å². The van der Waals surface area contributed by atoms with Gasteiger partial charge in [-0.25, -0.2) is 4.42 Å². The Morgan fingerprint density at radius 1 is 0.625 bits per heavy atom. The van der Waals surface area contributed by atoms with Gasteiger partial charge in [0.25, 0.3) is 0 Å². The highest BCUT2D eigenvalue weighted by atomic mass is 16.3. The van der Waals surface area contributed by atoms with Crippen molar-refractivity contribution in [1.82, 2.24) is 0 Å². The zero-order chi connectivity index (χ0) is 16.2. The summed E-state index contributed by atoms with van der Waals surface area (Å²) >= 11 is 0. The molecule has 1 nitrogen and oxygen atoms in total. The molecule has 114 valence electrons. The topological polar surface area (TPSA) is 11.3 Å². The van der Waals surface area contributed by atoms with Gasteiger partial charge in [-0.3, -0.25) is 0 Å². The first-order valence-electron chi connectivity index (χ1n) is 8.04. The van der Waals surface area contributed by atoms with Crippen molar-refractivity contribution in [3.63, 3.8) is 0 Å². The molecule has 0 amide bonds. The van der Waals surface area contributed by atoms with E-state index in [1.165, 1.54) is 0 Å². The monoisotopic (exact) mass is 309 g/mol. The summed E-state index contributed by atoms with van der Waals surface area (Å²) in [6.07, 6.45) is 4.13. The molecule has 0 radical (unpaired) electrons. The molecular formula is C23H17O+. The van der Waals surface area contributed by atoms with Crippen molar-refractivity contribution < 1.29 is 4.42 Å². The Hall–Kier alpha value is -3.19. The van der Waals surface area contributed by atoms with Crippen LogP contribution in [0.15, 0.2) is 95.4 Å². The number of hydrogen-bond acceptors (Lipinski definition) is 0. The van der Waals surface area contributed by atoms with Gasteiger partial charge in [-0.05, 0) is 29.3 Å². The third kappa shape index (κ3) is 2.97. The Labute approximate surface area is 141 Å². The third-order valence-electron chi connectivity index (χ3n) is 4.02. The van der Waals surface area contributed by atoms with E-state index >= 15 is 0 Å². The largest absolute Gasteiger partial charge is 0.361 e. The van der Waals surface area contributed by atoms with Crippen LogP contribution in [0.4, 0.5) is 0 Å². The summed E-state index contributed by atoms with van der Waals surface area (Å²) in [7, 11) is 0. The Morgan fingerprint density at radius 3 is 2.08 bits per heavy atom. The zero-order valence-electron chi connectivity index (χ0n) is 13.2. The number of rotatable bonds is 3. The number of para-hydroxylation sites is 1. The van der Waals surface area contributed by atoms with Gasteiger partial charge in [0.05, 0.1) is 10.9 Å². The van der Waals surface area contributed by atoms with Gasteiger partial charge >= 0.3 is 11.3 Å². The molecule has 3 aromatic carbocycles. The van der Waals surface area contributed by atoms with Crippen LogP contribution in [-0.2, 0) is 0 Å². The van der Waals surface area contributed by atoms with E-state index < -0.39 is 0 Å². The van der Waals surface area contributed by atoms with Gasteiger partial charge < -0.3 is 0 Å². The molecule has 0 spiro atoms. The van der Waals surface area contributed by atoms with Gasteiger partial charge in [-0.2, -0.15) is 0 Å². The minimum atomic E-state index is 0.865. The minimum absolute atomic E-state index is 0.865. The second-order valence-corrected chi connectivity index (χ2v) is 5.67. The van der Waals surface area contributed by atoms with Gasteiger partial charge in [-0.15, -0.1) is 0 Å². The van der Waals surface area contributed by atoms with Crippen LogP contribution in [0.2, 0.25) is 0 Å².